The van der Waals surface area contributed by atoms with Crippen molar-refractivity contribution >= 4 is 11.4 Å². The third-order valence-corrected chi connectivity index (χ3v) is 5.80. The summed E-state index contributed by atoms with van der Waals surface area (Å²) in [5.41, 5.74) is 13.2. The van der Waals surface area contributed by atoms with Gasteiger partial charge in [-0.25, -0.2) is 0 Å². The van der Waals surface area contributed by atoms with Gasteiger partial charge in [0.05, 0.1) is 5.69 Å². The van der Waals surface area contributed by atoms with Gasteiger partial charge in [0, 0.05) is 11.1 Å². The second-order valence-corrected chi connectivity index (χ2v) is 8.65. The minimum atomic E-state index is 0.389. The summed E-state index contributed by atoms with van der Waals surface area (Å²) in [6.07, 6.45) is 41.1. The normalized spacial score (nSPS) is 28.1. The Morgan fingerprint density at radius 1 is 0.526 bits per heavy atom. The molecule has 3 nitrogen and oxygen atoms in total. The molecule has 0 amide bonds. The van der Waals surface area contributed by atoms with E-state index < -0.39 is 0 Å². The summed E-state index contributed by atoms with van der Waals surface area (Å²) in [5.74, 6) is 0.389. The average Bonchev–Trinajstić information content (AvgIpc) is 2.92. The number of nitrogens with zero attached hydrogens (tertiary/aromatic N) is 2. The van der Waals surface area contributed by atoms with Crippen LogP contribution in [0.5, 0.6) is 0 Å². The van der Waals surface area contributed by atoms with E-state index in [1.54, 1.807) is 0 Å². The molecule has 2 aromatic rings. The van der Waals surface area contributed by atoms with E-state index >= 15 is 0 Å². The van der Waals surface area contributed by atoms with E-state index in [-0.39, 0.29) is 0 Å². The Morgan fingerprint density at radius 2 is 1.08 bits per heavy atom. The maximum absolute atomic E-state index is 6.30. The van der Waals surface area contributed by atoms with Crippen molar-refractivity contribution in [2.24, 2.45) is 0 Å². The first kappa shape index (κ1) is 26.1. The first-order chi connectivity index (χ1) is 18.7. The highest BCUT2D eigenvalue weighted by molar-refractivity contribution is 5.82. The van der Waals surface area contributed by atoms with Crippen LogP contribution in [0.1, 0.15) is 12.5 Å². The molecule has 0 atom stereocenters. The van der Waals surface area contributed by atoms with E-state index in [1.165, 1.54) is 5.57 Å². The first-order valence-corrected chi connectivity index (χ1v) is 12.6. The van der Waals surface area contributed by atoms with E-state index in [0.29, 0.717) is 5.82 Å². The molecule has 2 aliphatic rings. The molecule has 3 heteroatoms. The van der Waals surface area contributed by atoms with Gasteiger partial charge in [0.15, 0.2) is 5.82 Å². The lowest BCUT2D eigenvalue weighted by molar-refractivity contribution is 1.04. The van der Waals surface area contributed by atoms with Crippen molar-refractivity contribution in [2.75, 3.05) is 5.73 Å². The molecule has 1 heterocycles. The Balaban J connectivity index is 1.72. The summed E-state index contributed by atoms with van der Waals surface area (Å²) in [4.78, 5) is 0. The third-order valence-electron chi connectivity index (χ3n) is 5.80. The van der Waals surface area contributed by atoms with Crippen molar-refractivity contribution < 1.29 is 0 Å². The Hall–Kier alpha value is -5.02. The summed E-state index contributed by atoms with van der Waals surface area (Å²) in [7, 11) is 0. The number of anilines is 1. The SMILES string of the molecule is CC1=C/C=C\C=C/C(C2=C/C=C\C=C/C=C\C(c3cc(-c4ccccc4)nnc3N)=C/C=C\2)=C\C=C/C=C\1. The number of benzene rings is 1. The quantitative estimate of drug-likeness (QED) is 0.467. The van der Waals surface area contributed by atoms with Gasteiger partial charge < -0.3 is 5.73 Å². The van der Waals surface area contributed by atoms with Crippen LogP contribution in [-0.2, 0) is 0 Å². The van der Waals surface area contributed by atoms with E-state index in [4.69, 9.17) is 5.73 Å². The van der Waals surface area contributed by atoms with Crippen LogP contribution < -0.4 is 5.73 Å². The van der Waals surface area contributed by atoms with Crippen molar-refractivity contribution in [1.29, 1.82) is 0 Å². The lowest BCUT2D eigenvalue weighted by Crippen LogP contribution is -2.00. The van der Waals surface area contributed by atoms with Crippen LogP contribution in [0.15, 0.2) is 175 Å². The highest BCUT2D eigenvalue weighted by Crippen LogP contribution is 2.26. The second-order valence-electron chi connectivity index (χ2n) is 8.65. The van der Waals surface area contributed by atoms with Crippen LogP contribution in [-0.4, -0.2) is 10.2 Å². The number of nitrogen functional groups attached to an aromatic ring is 1. The van der Waals surface area contributed by atoms with Gasteiger partial charge in [0.2, 0.25) is 0 Å². The highest BCUT2D eigenvalue weighted by atomic mass is 15.1. The van der Waals surface area contributed by atoms with Gasteiger partial charge in [0.25, 0.3) is 0 Å². The number of nitrogens with two attached hydrogens (primary N) is 1. The maximum Gasteiger partial charge on any atom is 0.154 e. The van der Waals surface area contributed by atoms with Crippen LogP contribution in [0.25, 0.3) is 16.8 Å². The summed E-state index contributed by atoms with van der Waals surface area (Å²) in [6, 6.07) is 12.0. The van der Waals surface area contributed by atoms with E-state index in [1.807, 2.05) is 103 Å². The molecule has 0 saturated carbocycles. The first-order valence-electron chi connectivity index (χ1n) is 12.6. The van der Waals surface area contributed by atoms with Crippen molar-refractivity contribution in [2.45, 2.75) is 6.92 Å². The zero-order chi connectivity index (χ0) is 26.4. The Labute approximate surface area is 225 Å². The van der Waals surface area contributed by atoms with E-state index in [0.717, 1.165) is 33.5 Å². The van der Waals surface area contributed by atoms with Crippen molar-refractivity contribution in [3.63, 3.8) is 0 Å². The summed E-state index contributed by atoms with van der Waals surface area (Å²) in [6.45, 7) is 2.09. The van der Waals surface area contributed by atoms with Crippen LogP contribution in [0, 0.1) is 0 Å². The molecule has 0 bridgehead atoms. The number of hydrogen-bond donors (Lipinski definition) is 1. The second kappa shape index (κ2) is 13.9. The predicted octanol–water partition coefficient (Wildman–Crippen LogP) is 8.39. The van der Waals surface area contributed by atoms with Gasteiger partial charge in [-0.1, -0.05) is 157 Å². The molecule has 2 N–H and O–H groups in total. The fraction of sp³-hybridized carbons (Fsp3) is 0.0286. The molecular weight excluding hydrogens is 462 g/mol. The molecule has 38 heavy (non-hydrogen) atoms. The number of aromatic nitrogens is 2. The number of allylic oxidation sites excluding steroid dienone is 24. The summed E-state index contributed by atoms with van der Waals surface area (Å²) < 4.78 is 0. The molecule has 186 valence electrons. The van der Waals surface area contributed by atoms with Crippen molar-refractivity contribution in [3.05, 3.63) is 180 Å². The molecule has 0 unspecified atom stereocenters. The lowest BCUT2D eigenvalue weighted by Gasteiger charge is -2.08. The Kier molecular flexibility index (Phi) is 9.53. The van der Waals surface area contributed by atoms with Gasteiger partial charge in [-0.05, 0) is 29.7 Å². The topological polar surface area (TPSA) is 51.8 Å². The molecule has 0 aliphatic heterocycles. The highest BCUT2D eigenvalue weighted by Gasteiger charge is 2.09. The summed E-state index contributed by atoms with van der Waals surface area (Å²) >= 11 is 0. The molecule has 0 radical (unpaired) electrons. The van der Waals surface area contributed by atoms with Gasteiger partial charge in [-0.3, -0.25) is 0 Å². The molecule has 2 aliphatic carbocycles. The van der Waals surface area contributed by atoms with Crippen LogP contribution >= 0.6 is 0 Å². The number of hydrogen-bond acceptors (Lipinski definition) is 3. The van der Waals surface area contributed by atoms with E-state index in [2.05, 4.69) is 71.8 Å². The van der Waals surface area contributed by atoms with Crippen molar-refractivity contribution in [3.8, 4) is 11.3 Å². The largest absolute Gasteiger partial charge is 0.382 e. The molecule has 0 fully saturated rings. The fourth-order valence-corrected chi connectivity index (χ4v) is 3.80. The average molecular weight is 494 g/mol. The fourth-order valence-electron chi connectivity index (χ4n) is 3.80. The molecule has 1 aromatic heterocycles. The van der Waals surface area contributed by atoms with E-state index in [9.17, 15) is 0 Å². The molecule has 0 spiro atoms. The molecule has 4 rings (SSSR count). The lowest BCUT2D eigenvalue weighted by atomic mass is 10.0. The Morgan fingerprint density at radius 3 is 1.84 bits per heavy atom. The van der Waals surface area contributed by atoms with Crippen LogP contribution in [0.3, 0.4) is 0 Å². The standard InChI is InChI=1S/C35H31N3/c1-28-17-8-5-12-20-29(21-13-6-9-18-28)30-19-10-3-2-4-11-22-31(26-16-25-30)33-27-34(37-38-35(33)36)32-23-14-7-15-24-32/h2-27H,1H3,(H2,36,38)/b3-2?,4-2-,8-5-,9-6?,10-3-,11-4?,12-5?,13-6-,17-8?,18-9-,19-10?,20-12-,21-13?,22-11-,25-16-,26-16?,28-17-,28-18?,29-20?,29-21+,30-19+,30-25?,31-22?,31-26+. The van der Waals surface area contributed by atoms with Gasteiger partial charge in [0.1, 0.15) is 0 Å². The van der Waals surface area contributed by atoms with Gasteiger partial charge in [-0.15, -0.1) is 10.2 Å². The molecule has 1 aromatic carbocycles. The minimum absolute atomic E-state index is 0.389. The maximum atomic E-state index is 6.30. The van der Waals surface area contributed by atoms with Gasteiger partial charge in [-0.2, -0.15) is 0 Å². The monoisotopic (exact) mass is 493 g/mol. The number of rotatable bonds is 3. The third kappa shape index (κ3) is 7.74. The minimum Gasteiger partial charge on any atom is -0.382 e. The van der Waals surface area contributed by atoms with Crippen LogP contribution in [0.2, 0.25) is 0 Å². The van der Waals surface area contributed by atoms with Crippen LogP contribution in [0.4, 0.5) is 5.82 Å². The molecular formula is C35H31N3. The smallest absolute Gasteiger partial charge is 0.154 e. The zero-order valence-corrected chi connectivity index (χ0v) is 21.5. The van der Waals surface area contributed by atoms with Crippen molar-refractivity contribution in [1.82, 2.24) is 10.2 Å². The van der Waals surface area contributed by atoms with Gasteiger partial charge >= 0.3 is 0 Å². The molecule has 0 saturated heterocycles. The zero-order valence-electron chi connectivity index (χ0n) is 21.5. The predicted molar refractivity (Wildman–Crippen MR) is 163 cm³/mol. The summed E-state index contributed by atoms with van der Waals surface area (Å²) in [5, 5.41) is 8.57. The Bertz CT molecular complexity index is 1500.